The monoisotopic (exact) mass is 332 g/mol. The SMILES string of the molecule is CCc1nc(CC(=O)N(Cc2ccccc2)C(C)C(=O)O)cs1. The molecule has 23 heavy (non-hydrogen) atoms. The Hall–Kier alpha value is -2.21. The maximum Gasteiger partial charge on any atom is 0.326 e. The van der Waals surface area contributed by atoms with Crippen molar-refractivity contribution in [3.63, 3.8) is 0 Å². The van der Waals surface area contributed by atoms with E-state index in [0.29, 0.717) is 5.69 Å². The number of hydrogen-bond donors (Lipinski definition) is 1. The zero-order valence-corrected chi connectivity index (χ0v) is 14.0. The molecule has 0 saturated carbocycles. The number of hydrogen-bond acceptors (Lipinski definition) is 4. The van der Waals surface area contributed by atoms with E-state index < -0.39 is 12.0 Å². The lowest BCUT2D eigenvalue weighted by atomic mass is 10.1. The molecule has 1 heterocycles. The molecule has 0 aliphatic carbocycles. The van der Waals surface area contributed by atoms with Gasteiger partial charge in [0.25, 0.3) is 0 Å². The first-order valence-corrected chi connectivity index (χ1v) is 8.38. The zero-order valence-electron chi connectivity index (χ0n) is 13.2. The first-order valence-electron chi connectivity index (χ1n) is 7.50. The van der Waals surface area contributed by atoms with Crippen molar-refractivity contribution >= 4 is 23.2 Å². The number of amides is 1. The van der Waals surface area contributed by atoms with Crippen LogP contribution in [0.2, 0.25) is 0 Å². The van der Waals surface area contributed by atoms with Crippen LogP contribution >= 0.6 is 11.3 Å². The summed E-state index contributed by atoms with van der Waals surface area (Å²) in [4.78, 5) is 29.7. The molecule has 0 fully saturated rings. The molecule has 0 saturated heterocycles. The Kier molecular flexibility index (Phi) is 5.87. The summed E-state index contributed by atoms with van der Waals surface area (Å²) in [6.07, 6.45) is 0.957. The van der Waals surface area contributed by atoms with Gasteiger partial charge in [0.1, 0.15) is 6.04 Å². The van der Waals surface area contributed by atoms with Gasteiger partial charge in [-0.3, -0.25) is 4.79 Å². The lowest BCUT2D eigenvalue weighted by Crippen LogP contribution is -2.43. The maximum atomic E-state index is 12.6. The third kappa shape index (κ3) is 4.63. The Morgan fingerprint density at radius 1 is 1.30 bits per heavy atom. The van der Waals surface area contributed by atoms with Gasteiger partial charge in [-0.15, -0.1) is 11.3 Å². The molecule has 1 N–H and O–H groups in total. The van der Waals surface area contributed by atoms with Gasteiger partial charge in [0.15, 0.2) is 0 Å². The van der Waals surface area contributed by atoms with Crippen molar-refractivity contribution in [2.75, 3.05) is 0 Å². The number of rotatable bonds is 7. The van der Waals surface area contributed by atoms with Crippen LogP contribution in [0.3, 0.4) is 0 Å². The minimum Gasteiger partial charge on any atom is -0.480 e. The number of carboxylic acid groups (broad SMARTS) is 1. The molecular weight excluding hydrogens is 312 g/mol. The van der Waals surface area contributed by atoms with E-state index in [2.05, 4.69) is 4.98 Å². The summed E-state index contributed by atoms with van der Waals surface area (Å²) in [5.41, 5.74) is 1.61. The minimum absolute atomic E-state index is 0.126. The normalized spacial score (nSPS) is 11.9. The van der Waals surface area contributed by atoms with Gasteiger partial charge in [0, 0.05) is 11.9 Å². The van der Waals surface area contributed by atoms with Crippen LogP contribution in [0.4, 0.5) is 0 Å². The summed E-state index contributed by atoms with van der Waals surface area (Å²) >= 11 is 1.52. The van der Waals surface area contributed by atoms with E-state index in [9.17, 15) is 14.7 Å². The highest BCUT2D eigenvalue weighted by Crippen LogP contribution is 2.15. The summed E-state index contributed by atoms with van der Waals surface area (Å²) in [7, 11) is 0. The molecule has 1 aromatic heterocycles. The van der Waals surface area contributed by atoms with Gasteiger partial charge in [-0.1, -0.05) is 37.3 Å². The summed E-state index contributed by atoms with van der Waals surface area (Å²) < 4.78 is 0. The molecule has 1 unspecified atom stereocenters. The number of carbonyl (C=O) groups is 2. The topological polar surface area (TPSA) is 70.5 Å². The van der Waals surface area contributed by atoms with Crippen LogP contribution < -0.4 is 0 Å². The fourth-order valence-corrected chi connectivity index (χ4v) is 2.95. The zero-order chi connectivity index (χ0) is 16.8. The molecule has 0 spiro atoms. The van der Waals surface area contributed by atoms with Gasteiger partial charge >= 0.3 is 5.97 Å². The highest BCUT2D eigenvalue weighted by atomic mass is 32.1. The minimum atomic E-state index is -1.01. The van der Waals surface area contributed by atoms with Crippen molar-refractivity contribution in [3.8, 4) is 0 Å². The third-order valence-electron chi connectivity index (χ3n) is 3.58. The van der Waals surface area contributed by atoms with Gasteiger partial charge in [-0.2, -0.15) is 0 Å². The highest BCUT2D eigenvalue weighted by Gasteiger charge is 2.26. The summed E-state index contributed by atoms with van der Waals surface area (Å²) in [6, 6.07) is 8.51. The van der Waals surface area contributed by atoms with E-state index in [0.717, 1.165) is 17.0 Å². The number of nitrogens with zero attached hydrogens (tertiary/aromatic N) is 2. The van der Waals surface area contributed by atoms with Crippen LogP contribution in [0.1, 0.15) is 30.1 Å². The Morgan fingerprint density at radius 2 is 2.00 bits per heavy atom. The Bertz CT molecular complexity index is 669. The van der Waals surface area contributed by atoms with Crippen LogP contribution in [-0.2, 0) is 29.0 Å². The van der Waals surface area contributed by atoms with Gasteiger partial charge in [0.05, 0.1) is 17.1 Å². The first kappa shape index (κ1) is 17.1. The molecule has 1 atom stereocenters. The van der Waals surface area contributed by atoms with Crippen molar-refractivity contribution in [3.05, 3.63) is 52.0 Å². The Labute approximate surface area is 139 Å². The molecule has 0 aliphatic rings. The van der Waals surface area contributed by atoms with E-state index in [-0.39, 0.29) is 18.9 Å². The van der Waals surface area contributed by atoms with Gasteiger partial charge in [-0.25, -0.2) is 9.78 Å². The lowest BCUT2D eigenvalue weighted by molar-refractivity contribution is -0.149. The predicted molar refractivity (Wildman–Crippen MR) is 89.3 cm³/mol. The summed E-state index contributed by atoms with van der Waals surface area (Å²) in [6.45, 7) is 3.82. The quantitative estimate of drug-likeness (QED) is 0.846. The fourth-order valence-electron chi connectivity index (χ4n) is 2.20. The smallest absolute Gasteiger partial charge is 0.326 e. The number of aliphatic carboxylic acids is 1. The van der Waals surface area contributed by atoms with Crippen LogP contribution in [0, 0.1) is 0 Å². The molecular formula is C17H20N2O3S. The van der Waals surface area contributed by atoms with E-state index in [1.54, 1.807) is 0 Å². The number of benzene rings is 1. The molecule has 0 radical (unpaired) electrons. The van der Waals surface area contributed by atoms with Gasteiger partial charge in [0.2, 0.25) is 5.91 Å². The van der Waals surface area contributed by atoms with Crippen LogP contribution in [0.25, 0.3) is 0 Å². The van der Waals surface area contributed by atoms with Crippen LogP contribution in [-0.4, -0.2) is 32.9 Å². The number of carboxylic acids is 1. The first-order chi connectivity index (χ1) is 11.0. The summed E-state index contributed by atoms with van der Waals surface area (Å²) in [5, 5.41) is 12.1. The number of aryl methyl sites for hydroxylation is 1. The van der Waals surface area contributed by atoms with Crippen LogP contribution in [0.5, 0.6) is 0 Å². The molecule has 6 heteroatoms. The number of carbonyl (C=O) groups excluding carboxylic acids is 1. The van der Waals surface area contributed by atoms with Gasteiger partial charge < -0.3 is 10.0 Å². The van der Waals surface area contributed by atoms with Crippen molar-refractivity contribution < 1.29 is 14.7 Å². The second-order valence-electron chi connectivity index (χ2n) is 5.28. The lowest BCUT2D eigenvalue weighted by Gasteiger charge is -2.26. The van der Waals surface area contributed by atoms with Crippen molar-refractivity contribution in [2.24, 2.45) is 0 Å². The molecule has 122 valence electrons. The van der Waals surface area contributed by atoms with E-state index in [1.807, 2.05) is 42.6 Å². The Morgan fingerprint density at radius 3 is 2.57 bits per heavy atom. The van der Waals surface area contributed by atoms with Crippen molar-refractivity contribution in [1.82, 2.24) is 9.88 Å². The molecule has 5 nitrogen and oxygen atoms in total. The van der Waals surface area contributed by atoms with E-state index >= 15 is 0 Å². The average molecular weight is 332 g/mol. The Balaban J connectivity index is 2.15. The molecule has 1 aromatic carbocycles. The average Bonchev–Trinajstić information content (AvgIpc) is 3.00. The van der Waals surface area contributed by atoms with E-state index in [4.69, 9.17) is 0 Å². The molecule has 2 rings (SSSR count). The number of aromatic nitrogens is 1. The maximum absolute atomic E-state index is 12.6. The van der Waals surface area contributed by atoms with E-state index in [1.165, 1.54) is 23.2 Å². The number of thiazole rings is 1. The second-order valence-corrected chi connectivity index (χ2v) is 6.23. The molecule has 0 bridgehead atoms. The largest absolute Gasteiger partial charge is 0.480 e. The highest BCUT2D eigenvalue weighted by molar-refractivity contribution is 7.09. The predicted octanol–water partition coefficient (Wildman–Crippen LogP) is 2.75. The fraction of sp³-hybridized carbons (Fsp3) is 0.353. The third-order valence-corrected chi connectivity index (χ3v) is 4.62. The van der Waals surface area contributed by atoms with Gasteiger partial charge in [-0.05, 0) is 18.9 Å². The van der Waals surface area contributed by atoms with Crippen molar-refractivity contribution in [1.29, 1.82) is 0 Å². The van der Waals surface area contributed by atoms with Crippen LogP contribution in [0.15, 0.2) is 35.7 Å². The summed E-state index contributed by atoms with van der Waals surface area (Å²) in [5.74, 6) is -1.24. The molecule has 1 amide bonds. The standard InChI is InChI=1S/C17H20N2O3S/c1-3-15-18-14(11-23-15)9-16(20)19(12(2)17(21)22)10-13-7-5-4-6-8-13/h4-8,11-12H,3,9-10H2,1-2H3,(H,21,22). The second kappa shape index (κ2) is 7.87. The van der Waals surface area contributed by atoms with Crippen molar-refractivity contribution in [2.45, 2.75) is 39.3 Å². The molecule has 2 aromatic rings. The molecule has 0 aliphatic heterocycles.